The van der Waals surface area contributed by atoms with E-state index < -0.39 is 0 Å². The molecule has 0 saturated carbocycles. The number of nitrogens with zero attached hydrogens (tertiary/aromatic N) is 4. The second-order valence-corrected chi connectivity index (χ2v) is 4.89. The molecule has 22 heavy (non-hydrogen) atoms. The largest absolute Gasteiger partial charge is 1.00 e. The van der Waals surface area contributed by atoms with Gasteiger partial charge in [-0.1, -0.05) is 10.2 Å². The monoisotopic (exact) mass is 323 g/mol. The van der Waals surface area contributed by atoms with Gasteiger partial charge in [0.1, 0.15) is 0 Å². The number of piperidine rings is 1. The third kappa shape index (κ3) is 3.27. The lowest BCUT2D eigenvalue weighted by molar-refractivity contribution is -0.00000522. The molecule has 1 N–H and O–H groups in total. The van der Waals surface area contributed by atoms with Crippen LogP contribution in [0.25, 0.3) is 5.57 Å². The summed E-state index contributed by atoms with van der Waals surface area (Å²) in [5.41, 5.74) is 0.743. The first kappa shape index (κ1) is 16.4. The standard InChI is InChI=1S/C14H18N5O2.ClH/c1-20-12-4-3-10(9-13(12)21-2)14-16-18-19(17-14)11-5-7-15-8-6-11;/h3-4,11,15H,5-8H2,1-2H3;1H/q+1;/p-1. The first-order chi connectivity index (χ1) is 10.3. The molecule has 1 aromatic heterocycles. The van der Waals surface area contributed by atoms with Crippen molar-refractivity contribution in [2.45, 2.75) is 18.9 Å². The van der Waals surface area contributed by atoms with Gasteiger partial charge in [0, 0.05) is 6.08 Å². The van der Waals surface area contributed by atoms with Gasteiger partial charge < -0.3 is 27.2 Å². The molecule has 0 atom stereocenters. The van der Waals surface area contributed by atoms with Crippen LogP contribution in [0.2, 0.25) is 0 Å². The van der Waals surface area contributed by atoms with Gasteiger partial charge in [0.25, 0.3) is 11.6 Å². The van der Waals surface area contributed by atoms with Gasteiger partial charge in [-0.2, -0.15) is 0 Å². The van der Waals surface area contributed by atoms with Crippen LogP contribution in [0.1, 0.15) is 24.7 Å². The van der Waals surface area contributed by atoms with Crippen LogP contribution in [0.3, 0.4) is 0 Å². The van der Waals surface area contributed by atoms with E-state index in [0.717, 1.165) is 31.5 Å². The van der Waals surface area contributed by atoms with Crippen LogP contribution in [-0.2, 0) is 9.47 Å². The molecule has 1 aliphatic heterocycles. The molecule has 0 unspecified atom stereocenters. The number of hydrogen-bond acceptors (Lipinski definition) is 6. The summed E-state index contributed by atoms with van der Waals surface area (Å²) < 4.78 is 10.5. The fourth-order valence-electron chi connectivity index (χ4n) is 2.43. The minimum atomic E-state index is 0. The van der Waals surface area contributed by atoms with Crippen LogP contribution in [-0.4, -0.2) is 47.5 Å². The average molecular weight is 324 g/mol. The number of allylic oxidation sites excluding steroid dienone is 4. The summed E-state index contributed by atoms with van der Waals surface area (Å²) in [6.45, 7) is 1.98. The van der Waals surface area contributed by atoms with E-state index >= 15 is 0 Å². The van der Waals surface area contributed by atoms with Gasteiger partial charge in [0.05, 0.1) is 32.4 Å². The molecular formula is C14H18ClN5O2. The number of hydrogen-bond donors (Lipinski definition) is 1. The molecule has 8 heteroatoms. The van der Waals surface area contributed by atoms with Crippen molar-refractivity contribution in [3.63, 3.8) is 0 Å². The first-order valence-electron chi connectivity index (χ1n) is 6.96. The molecule has 7 nitrogen and oxygen atoms in total. The quantitative estimate of drug-likeness (QED) is 0.638. The van der Waals surface area contributed by atoms with E-state index in [2.05, 4.69) is 26.8 Å². The Labute approximate surface area is 135 Å². The summed E-state index contributed by atoms with van der Waals surface area (Å²) in [7, 11) is 3.18. The molecule has 0 bridgehead atoms. The van der Waals surface area contributed by atoms with Crippen molar-refractivity contribution < 1.29 is 21.9 Å². The highest BCUT2D eigenvalue weighted by molar-refractivity contribution is 5.71. The Bertz CT molecular complexity index is 602. The van der Waals surface area contributed by atoms with E-state index in [0.29, 0.717) is 23.4 Å². The summed E-state index contributed by atoms with van der Waals surface area (Å²) in [5.74, 6) is 1.72. The maximum atomic E-state index is 5.25. The highest BCUT2D eigenvalue weighted by Crippen LogP contribution is 2.23. The molecule has 1 fully saturated rings. The number of methoxy groups -OCH3 is 2. The highest BCUT2D eigenvalue weighted by Gasteiger charge is 2.26. The van der Waals surface area contributed by atoms with Crippen molar-refractivity contribution in [2.24, 2.45) is 0 Å². The lowest BCUT2D eigenvalue weighted by Gasteiger charge is -2.20. The first-order valence-corrected chi connectivity index (χ1v) is 6.96. The van der Waals surface area contributed by atoms with Crippen LogP contribution in [0, 0.1) is 6.08 Å². The Morgan fingerprint density at radius 2 is 2.00 bits per heavy atom. The predicted molar refractivity (Wildman–Crippen MR) is 75.8 cm³/mol. The molecule has 0 radical (unpaired) electrons. The average Bonchev–Trinajstić information content (AvgIpc) is 3.05. The maximum Gasteiger partial charge on any atom is 0.303 e. The number of ether oxygens (including phenoxy) is 2. The summed E-state index contributed by atoms with van der Waals surface area (Å²) >= 11 is 0. The molecule has 2 heterocycles. The third-order valence-corrected chi connectivity index (χ3v) is 3.60. The Balaban J connectivity index is 0.00000176. The van der Waals surface area contributed by atoms with Crippen molar-refractivity contribution >= 4 is 5.57 Å². The lowest BCUT2D eigenvalue weighted by atomic mass is 10.1. The van der Waals surface area contributed by atoms with E-state index in [-0.39, 0.29) is 12.4 Å². The third-order valence-electron chi connectivity index (χ3n) is 3.60. The fourth-order valence-corrected chi connectivity index (χ4v) is 2.43. The zero-order chi connectivity index (χ0) is 14.7. The minimum absolute atomic E-state index is 0. The van der Waals surface area contributed by atoms with Crippen LogP contribution in [0.15, 0.2) is 23.7 Å². The van der Waals surface area contributed by atoms with E-state index in [1.165, 1.54) is 0 Å². The lowest BCUT2D eigenvalue weighted by Crippen LogP contribution is -3.00. The Morgan fingerprint density at radius 3 is 2.68 bits per heavy atom. The summed E-state index contributed by atoms with van der Waals surface area (Å²) in [6, 6.07) is 0.313. The molecule has 0 spiro atoms. The molecular weight excluding hydrogens is 306 g/mol. The fraction of sp³-hybridized carbons (Fsp3) is 0.500. The van der Waals surface area contributed by atoms with Crippen molar-refractivity contribution in [1.82, 2.24) is 25.5 Å². The van der Waals surface area contributed by atoms with Gasteiger partial charge in [-0.3, -0.25) is 0 Å². The molecule has 3 rings (SSSR count). The molecule has 118 valence electrons. The van der Waals surface area contributed by atoms with Crippen molar-refractivity contribution in [3.8, 4) is 0 Å². The Kier molecular flexibility index (Phi) is 5.49. The number of rotatable bonds is 4. The van der Waals surface area contributed by atoms with Crippen molar-refractivity contribution in [2.75, 3.05) is 27.3 Å². The minimum Gasteiger partial charge on any atom is -1.00 e. The zero-order valence-electron chi connectivity index (χ0n) is 12.5. The predicted octanol–water partition coefficient (Wildman–Crippen LogP) is -2.14. The van der Waals surface area contributed by atoms with Gasteiger partial charge in [0.15, 0.2) is 0 Å². The second kappa shape index (κ2) is 7.35. The number of halogens is 1. The van der Waals surface area contributed by atoms with E-state index in [1.807, 2.05) is 12.2 Å². The van der Waals surface area contributed by atoms with Crippen LogP contribution in [0.5, 0.6) is 0 Å². The number of tetrazole rings is 1. The normalized spacial score (nSPS) is 18.4. The molecule has 0 aromatic carbocycles. The zero-order valence-corrected chi connectivity index (χ0v) is 13.3. The van der Waals surface area contributed by atoms with E-state index in [9.17, 15) is 0 Å². The van der Waals surface area contributed by atoms with E-state index in [1.54, 1.807) is 19.0 Å². The van der Waals surface area contributed by atoms with Gasteiger partial charge >= 0.3 is 5.76 Å². The van der Waals surface area contributed by atoms with Gasteiger partial charge in [-0.25, -0.2) is 0 Å². The van der Waals surface area contributed by atoms with Crippen LogP contribution >= 0.6 is 0 Å². The molecule has 1 aliphatic carbocycles. The number of nitrogens with one attached hydrogen (secondary N) is 1. The molecule has 0 amide bonds. The Morgan fingerprint density at radius 1 is 1.23 bits per heavy atom. The summed E-state index contributed by atoms with van der Waals surface area (Å²) in [6.07, 6.45) is 8.81. The maximum absolute atomic E-state index is 5.25. The van der Waals surface area contributed by atoms with Crippen LogP contribution in [0.4, 0.5) is 0 Å². The highest BCUT2D eigenvalue weighted by atomic mass is 35.5. The van der Waals surface area contributed by atoms with Crippen molar-refractivity contribution in [3.05, 3.63) is 35.6 Å². The SMILES string of the molecule is COC1=C(OC)C=CC(c2nnn(C3CCNCC3)n2)=[C+]1.[Cl-]. The Hall–Kier alpha value is -1.95. The van der Waals surface area contributed by atoms with Gasteiger partial charge in [0.2, 0.25) is 5.57 Å². The smallest absolute Gasteiger partial charge is 0.303 e. The second-order valence-electron chi connectivity index (χ2n) is 4.89. The van der Waals surface area contributed by atoms with Crippen molar-refractivity contribution in [1.29, 1.82) is 0 Å². The molecule has 2 aliphatic rings. The topological polar surface area (TPSA) is 74.1 Å². The van der Waals surface area contributed by atoms with E-state index in [4.69, 9.17) is 9.47 Å². The molecule has 1 saturated heterocycles. The summed E-state index contributed by atoms with van der Waals surface area (Å²) in [5, 5.41) is 16.1. The summed E-state index contributed by atoms with van der Waals surface area (Å²) in [4.78, 5) is 1.71. The number of aromatic nitrogens is 4. The molecule has 1 aromatic rings. The van der Waals surface area contributed by atoms with Gasteiger partial charge in [-0.05, 0) is 31.1 Å². The van der Waals surface area contributed by atoms with Crippen LogP contribution < -0.4 is 17.7 Å². The van der Waals surface area contributed by atoms with Gasteiger partial charge in [-0.15, -0.1) is 4.80 Å².